The molecule has 2 rings (SSSR count). The topological polar surface area (TPSA) is 50.9 Å². The van der Waals surface area contributed by atoms with Crippen molar-refractivity contribution in [3.8, 4) is 0 Å². The van der Waals surface area contributed by atoms with Crippen LogP contribution in [0.1, 0.15) is 43.4 Å². The molecule has 0 aliphatic carbocycles. The predicted molar refractivity (Wildman–Crippen MR) is 77.4 cm³/mol. The second-order valence-corrected chi connectivity index (χ2v) is 6.08. The van der Waals surface area contributed by atoms with Crippen LogP contribution in [-0.4, -0.2) is 26.0 Å². The van der Waals surface area contributed by atoms with Gasteiger partial charge in [-0.25, -0.2) is 9.67 Å². The van der Waals surface area contributed by atoms with Crippen molar-refractivity contribution in [2.24, 2.45) is 0 Å². The molecular formula is C14H21N3OS. The molecule has 104 valence electrons. The average Bonchev–Trinajstić information content (AvgIpc) is 2.99. The van der Waals surface area contributed by atoms with Gasteiger partial charge in [-0.3, -0.25) is 0 Å². The van der Waals surface area contributed by atoms with Gasteiger partial charge in [-0.05, 0) is 44.6 Å². The highest BCUT2D eigenvalue weighted by Crippen LogP contribution is 2.14. The van der Waals surface area contributed by atoms with Crippen molar-refractivity contribution in [2.45, 2.75) is 51.7 Å². The van der Waals surface area contributed by atoms with E-state index in [2.05, 4.69) is 41.4 Å². The lowest BCUT2D eigenvalue weighted by Crippen LogP contribution is -2.16. The standard InChI is InChI=1S/C14H21N3OS/c1-11(2)17-14(15-10-16-17)9-12(18)5-3-6-13-7-4-8-19-13/h4,7-8,10-12,18H,3,5-6,9H2,1-2H3. The second kappa shape index (κ2) is 6.82. The van der Waals surface area contributed by atoms with Gasteiger partial charge in [0.05, 0.1) is 6.10 Å². The van der Waals surface area contributed by atoms with Crippen molar-refractivity contribution in [3.05, 3.63) is 34.5 Å². The lowest BCUT2D eigenvalue weighted by Gasteiger charge is -2.13. The van der Waals surface area contributed by atoms with Crippen molar-refractivity contribution >= 4 is 11.3 Å². The van der Waals surface area contributed by atoms with Gasteiger partial charge >= 0.3 is 0 Å². The first-order valence-corrected chi connectivity index (χ1v) is 7.63. The third-order valence-corrected chi connectivity index (χ3v) is 4.03. The molecule has 1 unspecified atom stereocenters. The number of aliphatic hydroxyl groups excluding tert-OH is 1. The minimum Gasteiger partial charge on any atom is -0.393 e. The Hall–Kier alpha value is -1.20. The van der Waals surface area contributed by atoms with Crippen LogP contribution in [0.25, 0.3) is 0 Å². The monoisotopic (exact) mass is 279 g/mol. The molecule has 0 bridgehead atoms. The Balaban J connectivity index is 1.77. The predicted octanol–water partition coefficient (Wildman–Crippen LogP) is 2.85. The van der Waals surface area contributed by atoms with Crippen molar-refractivity contribution in [3.63, 3.8) is 0 Å². The lowest BCUT2D eigenvalue weighted by atomic mass is 10.1. The Morgan fingerprint density at radius 1 is 1.42 bits per heavy atom. The third kappa shape index (κ3) is 4.14. The zero-order valence-corrected chi connectivity index (χ0v) is 12.3. The number of aromatic nitrogens is 3. The number of hydrogen-bond donors (Lipinski definition) is 1. The number of thiophene rings is 1. The third-order valence-electron chi connectivity index (χ3n) is 3.10. The Kier molecular flexibility index (Phi) is 5.10. The summed E-state index contributed by atoms with van der Waals surface area (Å²) in [6.45, 7) is 4.14. The molecule has 0 spiro atoms. The van der Waals surface area contributed by atoms with E-state index < -0.39 is 0 Å². The van der Waals surface area contributed by atoms with Crippen molar-refractivity contribution in [1.29, 1.82) is 0 Å². The van der Waals surface area contributed by atoms with Gasteiger partial charge in [0.15, 0.2) is 0 Å². The highest BCUT2D eigenvalue weighted by atomic mass is 32.1. The fraction of sp³-hybridized carbons (Fsp3) is 0.571. The summed E-state index contributed by atoms with van der Waals surface area (Å²) in [6.07, 6.45) is 4.68. The summed E-state index contributed by atoms with van der Waals surface area (Å²) < 4.78 is 1.88. The molecular weight excluding hydrogens is 258 g/mol. The van der Waals surface area contributed by atoms with Crippen LogP contribution in [0.4, 0.5) is 0 Å². The van der Waals surface area contributed by atoms with E-state index in [4.69, 9.17) is 0 Å². The van der Waals surface area contributed by atoms with E-state index in [1.165, 1.54) is 4.88 Å². The van der Waals surface area contributed by atoms with Gasteiger partial charge in [0.1, 0.15) is 12.2 Å². The minimum absolute atomic E-state index is 0.288. The van der Waals surface area contributed by atoms with E-state index in [9.17, 15) is 5.11 Å². The van der Waals surface area contributed by atoms with Gasteiger partial charge in [0.25, 0.3) is 0 Å². The van der Waals surface area contributed by atoms with Gasteiger partial charge in [0, 0.05) is 17.3 Å². The number of nitrogens with zero attached hydrogens (tertiary/aromatic N) is 3. The highest BCUT2D eigenvalue weighted by Gasteiger charge is 2.12. The largest absolute Gasteiger partial charge is 0.393 e. The van der Waals surface area contributed by atoms with Crippen LogP contribution < -0.4 is 0 Å². The minimum atomic E-state index is -0.332. The average molecular weight is 279 g/mol. The maximum Gasteiger partial charge on any atom is 0.138 e. The number of hydrogen-bond acceptors (Lipinski definition) is 4. The normalized spacial score (nSPS) is 13.1. The molecule has 2 heterocycles. The molecule has 0 aliphatic rings. The molecule has 2 aromatic heterocycles. The summed E-state index contributed by atoms with van der Waals surface area (Å²) in [5.74, 6) is 0.874. The molecule has 5 heteroatoms. The molecule has 0 aliphatic heterocycles. The second-order valence-electron chi connectivity index (χ2n) is 5.04. The molecule has 0 aromatic carbocycles. The first-order chi connectivity index (χ1) is 9.16. The molecule has 1 atom stereocenters. The lowest BCUT2D eigenvalue weighted by molar-refractivity contribution is 0.157. The molecule has 0 saturated heterocycles. The Morgan fingerprint density at radius 3 is 2.95 bits per heavy atom. The number of aryl methyl sites for hydroxylation is 1. The van der Waals surface area contributed by atoms with Gasteiger partial charge in [0.2, 0.25) is 0 Å². The SMILES string of the molecule is CC(C)n1ncnc1CC(O)CCCc1cccs1. The van der Waals surface area contributed by atoms with Gasteiger partial charge in [-0.1, -0.05) is 6.07 Å². The van der Waals surface area contributed by atoms with Gasteiger partial charge in [-0.2, -0.15) is 5.10 Å². The van der Waals surface area contributed by atoms with Crippen molar-refractivity contribution < 1.29 is 5.11 Å². The summed E-state index contributed by atoms with van der Waals surface area (Å²) in [5.41, 5.74) is 0. The summed E-state index contributed by atoms with van der Waals surface area (Å²) in [7, 11) is 0. The molecule has 4 nitrogen and oxygen atoms in total. The molecule has 0 radical (unpaired) electrons. The fourth-order valence-electron chi connectivity index (χ4n) is 2.13. The van der Waals surface area contributed by atoms with Crippen molar-refractivity contribution in [1.82, 2.24) is 14.8 Å². The first-order valence-electron chi connectivity index (χ1n) is 6.75. The van der Waals surface area contributed by atoms with E-state index in [1.807, 2.05) is 4.68 Å². The van der Waals surface area contributed by atoms with Gasteiger partial charge in [-0.15, -0.1) is 11.3 Å². The van der Waals surface area contributed by atoms with Crippen molar-refractivity contribution in [2.75, 3.05) is 0 Å². The smallest absolute Gasteiger partial charge is 0.138 e. The van der Waals surface area contributed by atoms with Crippen LogP contribution in [0.2, 0.25) is 0 Å². The molecule has 0 fully saturated rings. The van der Waals surface area contributed by atoms with E-state index in [0.717, 1.165) is 25.1 Å². The Morgan fingerprint density at radius 2 is 2.26 bits per heavy atom. The van der Waals surface area contributed by atoms with Crippen LogP contribution in [0.15, 0.2) is 23.8 Å². The van der Waals surface area contributed by atoms with E-state index in [-0.39, 0.29) is 12.1 Å². The molecule has 2 aromatic rings. The number of aliphatic hydroxyl groups is 1. The van der Waals surface area contributed by atoms with E-state index >= 15 is 0 Å². The van der Waals surface area contributed by atoms with Gasteiger partial charge < -0.3 is 5.11 Å². The number of rotatable bonds is 7. The quantitative estimate of drug-likeness (QED) is 0.848. The Bertz CT molecular complexity index is 479. The van der Waals surface area contributed by atoms with Crippen LogP contribution >= 0.6 is 11.3 Å². The zero-order valence-electron chi connectivity index (χ0n) is 11.5. The highest BCUT2D eigenvalue weighted by molar-refractivity contribution is 7.09. The maximum absolute atomic E-state index is 10.1. The molecule has 1 N–H and O–H groups in total. The fourth-order valence-corrected chi connectivity index (χ4v) is 2.88. The summed E-state index contributed by atoms with van der Waals surface area (Å²) in [5, 5.41) is 16.4. The summed E-state index contributed by atoms with van der Waals surface area (Å²) >= 11 is 1.78. The molecule has 0 amide bonds. The maximum atomic E-state index is 10.1. The summed E-state index contributed by atoms with van der Waals surface area (Å²) in [6, 6.07) is 4.50. The zero-order chi connectivity index (χ0) is 13.7. The summed E-state index contributed by atoms with van der Waals surface area (Å²) in [4.78, 5) is 5.62. The molecule has 0 saturated carbocycles. The first kappa shape index (κ1) is 14.2. The Labute approximate surface area is 118 Å². The van der Waals surface area contributed by atoms with E-state index in [0.29, 0.717) is 6.42 Å². The van der Waals surface area contributed by atoms with E-state index in [1.54, 1.807) is 17.7 Å². The van der Waals surface area contributed by atoms with Crippen LogP contribution in [-0.2, 0) is 12.8 Å². The van der Waals surface area contributed by atoms with Crippen LogP contribution in [0.3, 0.4) is 0 Å². The molecule has 19 heavy (non-hydrogen) atoms. The van der Waals surface area contributed by atoms with Crippen LogP contribution in [0.5, 0.6) is 0 Å². The van der Waals surface area contributed by atoms with Crippen LogP contribution in [0, 0.1) is 0 Å².